The zero-order valence-corrected chi connectivity index (χ0v) is 15.0. The Hall–Kier alpha value is -2.34. The van der Waals surface area contributed by atoms with E-state index in [0.29, 0.717) is 21.9 Å². The first-order valence-electron chi connectivity index (χ1n) is 7.51. The van der Waals surface area contributed by atoms with Crippen LogP contribution in [0.2, 0.25) is 0 Å². The quantitative estimate of drug-likeness (QED) is 0.564. The van der Waals surface area contributed by atoms with E-state index in [4.69, 9.17) is 14.2 Å². The molecule has 0 fully saturated rings. The second-order valence-electron chi connectivity index (χ2n) is 5.11. The number of aryl methyl sites for hydroxylation is 2. The smallest absolute Gasteiger partial charge is 0.348 e. The van der Waals surface area contributed by atoms with E-state index in [1.807, 2.05) is 19.9 Å². The fourth-order valence-corrected chi connectivity index (χ4v) is 3.27. The number of carbonyl (C=O) groups is 2. The molecule has 0 bridgehead atoms. The van der Waals surface area contributed by atoms with Crippen LogP contribution in [0.5, 0.6) is 11.5 Å². The highest BCUT2D eigenvalue weighted by Gasteiger charge is 2.16. The van der Waals surface area contributed by atoms with Crippen molar-refractivity contribution in [3.8, 4) is 11.5 Å². The number of carbonyl (C=O) groups excluding carboxylic acids is 2. The Morgan fingerprint density at radius 1 is 1.08 bits per heavy atom. The lowest BCUT2D eigenvalue weighted by atomic mass is 10.1. The molecule has 0 spiro atoms. The van der Waals surface area contributed by atoms with E-state index in [-0.39, 0.29) is 12.4 Å². The van der Waals surface area contributed by atoms with E-state index >= 15 is 0 Å². The summed E-state index contributed by atoms with van der Waals surface area (Å²) in [6.07, 6.45) is 0.861. The first-order chi connectivity index (χ1) is 11.5. The molecule has 6 heteroatoms. The number of thiophene rings is 1. The van der Waals surface area contributed by atoms with E-state index in [1.54, 1.807) is 18.2 Å². The Morgan fingerprint density at radius 2 is 1.79 bits per heavy atom. The maximum absolute atomic E-state index is 12.2. The Morgan fingerprint density at radius 3 is 2.38 bits per heavy atom. The van der Waals surface area contributed by atoms with Crippen molar-refractivity contribution in [1.29, 1.82) is 0 Å². The van der Waals surface area contributed by atoms with Gasteiger partial charge in [0, 0.05) is 10.4 Å². The average Bonchev–Trinajstić information content (AvgIpc) is 2.99. The Labute approximate surface area is 145 Å². The highest BCUT2D eigenvalue weighted by Crippen LogP contribution is 2.28. The minimum Gasteiger partial charge on any atom is -0.493 e. The number of ketones is 1. The molecule has 1 aromatic carbocycles. The molecule has 24 heavy (non-hydrogen) atoms. The second-order valence-corrected chi connectivity index (χ2v) is 6.37. The van der Waals surface area contributed by atoms with Crippen molar-refractivity contribution in [2.45, 2.75) is 20.3 Å². The van der Waals surface area contributed by atoms with Crippen molar-refractivity contribution in [2.24, 2.45) is 0 Å². The summed E-state index contributed by atoms with van der Waals surface area (Å²) in [5.41, 5.74) is 1.52. The molecule has 0 atom stereocenters. The molecule has 0 saturated carbocycles. The molecular formula is C18H20O5S. The van der Waals surface area contributed by atoms with E-state index < -0.39 is 5.97 Å². The molecule has 5 nitrogen and oxygen atoms in total. The van der Waals surface area contributed by atoms with Crippen molar-refractivity contribution in [1.82, 2.24) is 0 Å². The lowest BCUT2D eigenvalue weighted by molar-refractivity contribution is 0.0479. The first-order valence-corrected chi connectivity index (χ1v) is 8.33. The summed E-state index contributed by atoms with van der Waals surface area (Å²) in [4.78, 5) is 25.9. The van der Waals surface area contributed by atoms with Crippen molar-refractivity contribution in [3.63, 3.8) is 0 Å². The van der Waals surface area contributed by atoms with Gasteiger partial charge in [-0.25, -0.2) is 4.79 Å². The van der Waals surface area contributed by atoms with Gasteiger partial charge >= 0.3 is 5.97 Å². The van der Waals surface area contributed by atoms with Gasteiger partial charge in [-0.3, -0.25) is 4.79 Å². The molecule has 0 aliphatic carbocycles. The van der Waals surface area contributed by atoms with Crippen molar-refractivity contribution in [2.75, 3.05) is 20.8 Å². The molecule has 0 aliphatic heterocycles. The molecule has 2 aromatic rings. The van der Waals surface area contributed by atoms with Crippen LogP contribution in [0, 0.1) is 6.92 Å². The summed E-state index contributed by atoms with van der Waals surface area (Å²) in [7, 11) is 3.02. The molecule has 0 radical (unpaired) electrons. The van der Waals surface area contributed by atoms with Gasteiger partial charge in [-0.2, -0.15) is 0 Å². The molecule has 1 heterocycles. The monoisotopic (exact) mass is 348 g/mol. The van der Waals surface area contributed by atoms with Crippen LogP contribution in [0.25, 0.3) is 0 Å². The maximum atomic E-state index is 12.2. The van der Waals surface area contributed by atoms with Gasteiger partial charge in [-0.15, -0.1) is 11.3 Å². The summed E-state index contributed by atoms with van der Waals surface area (Å²) in [6, 6.07) is 6.65. The van der Waals surface area contributed by atoms with Gasteiger partial charge in [0.2, 0.25) is 0 Å². The predicted octanol–water partition coefficient (Wildman–Crippen LogP) is 3.68. The van der Waals surface area contributed by atoms with Crippen LogP contribution in [0.3, 0.4) is 0 Å². The van der Waals surface area contributed by atoms with E-state index in [9.17, 15) is 9.59 Å². The largest absolute Gasteiger partial charge is 0.493 e. The SMILES string of the molecule is CCc1cc(C(=O)OCC(=O)c2ccc(OC)c(OC)c2)sc1C. The molecule has 2 rings (SSSR count). The molecule has 0 saturated heterocycles. The van der Waals surface area contributed by atoms with Crippen LogP contribution in [-0.2, 0) is 11.2 Å². The minimum absolute atomic E-state index is 0.298. The van der Waals surface area contributed by atoms with Gasteiger partial charge in [0.15, 0.2) is 23.9 Å². The van der Waals surface area contributed by atoms with Crippen molar-refractivity contribution >= 4 is 23.1 Å². The van der Waals surface area contributed by atoms with Crippen LogP contribution >= 0.6 is 11.3 Å². The number of esters is 1. The summed E-state index contributed by atoms with van der Waals surface area (Å²) in [5, 5.41) is 0. The normalized spacial score (nSPS) is 10.3. The number of benzene rings is 1. The standard InChI is InChI=1S/C18H20O5S/c1-5-12-9-17(24-11(12)2)18(20)23-10-14(19)13-6-7-15(21-3)16(8-13)22-4/h6-9H,5,10H2,1-4H3. The van der Waals surface area contributed by atoms with Crippen molar-refractivity contribution < 1.29 is 23.8 Å². The summed E-state index contributed by atoms with van der Waals surface area (Å²) >= 11 is 1.38. The Balaban J connectivity index is 2.03. The van der Waals surface area contributed by atoms with E-state index in [1.165, 1.54) is 25.6 Å². The summed E-state index contributed by atoms with van der Waals surface area (Å²) < 4.78 is 15.4. The number of methoxy groups -OCH3 is 2. The third kappa shape index (κ3) is 3.94. The van der Waals surface area contributed by atoms with Gasteiger partial charge in [-0.05, 0) is 43.2 Å². The number of ether oxygens (including phenoxy) is 3. The number of hydrogen-bond donors (Lipinski definition) is 0. The third-order valence-corrected chi connectivity index (χ3v) is 4.72. The van der Waals surface area contributed by atoms with E-state index in [2.05, 4.69) is 0 Å². The van der Waals surface area contributed by atoms with Gasteiger partial charge in [0.05, 0.1) is 14.2 Å². The lowest BCUT2D eigenvalue weighted by Gasteiger charge is -2.09. The molecule has 0 aliphatic rings. The molecule has 1 aromatic heterocycles. The highest BCUT2D eigenvalue weighted by atomic mass is 32.1. The number of hydrogen-bond acceptors (Lipinski definition) is 6. The van der Waals surface area contributed by atoms with Crippen LogP contribution in [0.1, 0.15) is 37.4 Å². The first kappa shape index (κ1) is 18.0. The van der Waals surface area contributed by atoms with E-state index in [0.717, 1.165) is 16.9 Å². The fourth-order valence-electron chi connectivity index (χ4n) is 2.27. The average molecular weight is 348 g/mol. The third-order valence-electron chi connectivity index (χ3n) is 3.64. The van der Waals surface area contributed by atoms with Crippen LogP contribution in [0.4, 0.5) is 0 Å². The summed E-state index contributed by atoms with van der Waals surface area (Å²) in [5.74, 6) is 0.216. The molecule has 0 N–H and O–H groups in total. The van der Waals surface area contributed by atoms with Gasteiger partial charge in [-0.1, -0.05) is 6.92 Å². The Kier molecular flexibility index (Phi) is 5.98. The fraction of sp³-hybridized carbons (Fsp3) is 0.333. The summed E-state index contributed by atoms with van der Waals surface area (Å²) in [6.45, 7) is 3.69. The van der Waals surface area contributed by atoms with Gasteiger partial charge in [0.1, 0.15) is 4.88 Å². The minimum atomic E-state index is -0.475. The van der Waals surface area contributed by atoms with Crippen molar-refractivity contribution in [3.05, 3.63) is 45.1 Å². The molecular weight excluding hydrogens is 328 g/mol. The highest BCUT2D eigenvalue weighted by molar-refractivity contribution is 7.14. The Bertz CT molecular complexity index is 748. The predicted molar refractivity (Wildman–Crippen MR) is 92.6 cm³/mol. The van der Waals surface area contributed by atoms with Gasteiger partial charge < -0.3 is 14.2 Å². The lowest BCUT2D eigenvalue weighted by Crippen LogP contribution is -2.13. The maximum Gasteiger partial charge on any atom is 0.348 e. The second kappa shape index (κ2) is 7.97. The molecule has 0 unspecified atom stereocenters. The van der Waals surface area contributed by atoms with Crippen LogP contribution in [-0.4, -0.2) is 32.6 Å². The number of Topliss-reactive ketones (excluding diaryl/α,β-unsaturated/α-hetero) is 1. The zero-order chi connectivity index (χ0) is 17.7. The topological polar surface area (TPSA) is 61.8 Å². The van der Waals surface area contributed by atoms with Crippen LogP contribution < -0.4 is 9.47 Å². The van der Waals surface area contributed by atoms with Crippen LogP contribution in [0.15, 0.2) is 24.3 Å². The molecule has 128 valence electrons. The number of rotatable bonds is 7. The van der Waals surface area contributed by atoms with Gasteiger partial charge in [0.25, 0.3) is 0 Å². The zero-order valence-electron chi connectivity index (χ0n) is 14.2. The molecule has 0 amide bonds.